The summed E-state index contributed by atoms with van der Waals surface area (Å²) in [6.07, 6.45) is 2.56. The van der Waals surface area contributed by atoms with Crippen LogP contribution in [-0.4, -0.2) is 55.0 Å². The maximum Gasteiger partial charge on any atom is 0.248 e. The second kappa shape index (κ2) is 6.94. The van der Waals surface area contributed by atoms with E-state index in [4.69, 9.17) is 4.74 Å². The Morgan fingerprint density at radius 2 is 1.92 bits per heavy atom. The monoisotopic (exact) mass is 344 g/mol. The lowest BCUT2D eigenvalue weighted by molar-refractivity contribution is -0.141. The lowest BCUT2D eigenvalue weighted by Gasteiger charge is -2.32. The van der Waals surface area contributed by atoms with Crippen LogP contribution in [-0.2, 0) is 14.3 Å². The zero-order chi connectivity index (χ0) is 17.3. The maximum absolute atomic E-state index is 13.3. The summed E-state index contributed by atoms with van der Waals surface area (Å²) in [6, 6.07) is 0.0376. The predicted molar refractivity (Wildman–Crippen MR) is 83.6 cm³/mol. The van der Waals surface area contributed by atoms with Gasteiger partial charge in [0.15, 0.2) is 0 Å². The molecule has 2 aliphatic heterocycles. The van der Waals surface area contributed by atoms with E-state index >= 15 is 0 Å². The summed E-state index contributed by atoms with van der Waals surface area (Å²) in [4.78, 5) is 27.0. The van der Waals surface area contributed by atoms with Gasteiger partial charge in [0, 0.05) is 44.5 Å². The van der Waals surface area contributed by atoms with Crippen molar-refractivity contribution in [1.82, 2.24) is 10.2 Å². The minimum Gasteiger partial charge on any atom is -0.383 e. The van der Waals surface area contributed by atoms with Gasteiger partial charge in [0.2, 0.25) is 17.7 Å². The van der Waals surface area contributed by atoms with Crippen LogP contribution in [0.3, 0.4) is 0 Å². The van der Waals surface area contributed by atoms with Crippen LogP contribution < -0.4 is 5.32 Å². The Balaban J connectivity index is 1.59. The number of alkyl halides is 2. The second-order valence-electron chi connectivity index (χ2n) is 7.30. The van der Waals surface area contributed by atoms with Crippen LogP contribution >= 0.6 is 0 Å². The Bertz CT molecular complexity index is 490. The van der Waals surface area contributed by atoms with E-state index in [0.717, 1.165) is 12.8 Å². The molecule has 0 aromatic heterocycles. The number of nitrogens with zero attached hydrogens (tertiary/aromatic N) is 1. The minimum atomic E-state index is -2.62. The molecule has 3 unspecified atom stereocenters. The van der Waals surface area contributed by atoms with Gasteiger partial charge in [-0.15, -0.1) is 0 Å². The normalized spacial score (nSPS) is 32.1. The van der Waals surface area contributed by atoms with Crippen molar-refractivity contribution in [3.63, 3.8) is 0 Å². The Hall–Kier alpha value is -1.24. The van der Waals surface area contributed by atoms with Gasteiger partial charge in [0.1, 0.15) is 0 Å². The molecule has 24 heavy (non-hydrogen) atoms. The number of amides is 2. The first kappa shape index (κ1) is 17.6. The quantitative estimate of drug-likeness (QED) is 0.776. The average molecular weight is 344 g/mol. The highest BCUT2D eigenvalue weighted by Gasteiger charge is 2.52. The zero-order valence-electron chi connectivity index (χ0n) is 14.1. The van der Waals surface area contributed by atoms with Crippen LogP contribution in [0.15, 0.2) is 0 Å². The molecule has 2 amide bonds. The van der Waals surface area contributed by atoms with Crippen molar-refractivity contribution in [2.45, 2.75) is 63.0 Å². The third-order valence-electron chi connectivity index (χ3n) is 5.80. The van der Waals surface area contributed by atoms with Crippen molar-refractivity contribution < 1.29 is 23.1 Å². The van der Waals surface area contributed by atoms with Crippen molar-refractivity contribution >= 4 is 11.8 Å². The number of methoxy groups -OCH3 is 1. The molecule has 3 aliphatic rings. The number of fused-ring (bicyclic) bond motifs is 2. The summed E-state index contributed by atoms with van der Waals surface area (Å²) >= 11 is 0. The van der Waals surface area contributed by atoms with Crippen LogP contribution in [0.5, 0.6) is 0 Å². The molecule has 136 valence electrons. The number of hydrogen-bond donors (Lipinski definition) is 1. The van der Waals surface area contributed by atoms with E-state index in [1.807, 2.05) is 4.90 Å². The Kier molecular flexibility index (Phi) is 5.08. The van der Waals surface area contributed by atoms with Gasteiger partial charge in [0.05, 0.1) is 12.5 Å². The molecule has 1 aliphatic carbocycles. The summed E-state index contributed by atoms with van der Waals surface area (Å²) in [7, 11) is 1.58. The summed E-state index contributed by atoms with van der Waals surface area (Å²) in [6.45, 7) is 0.931. The SMILES string of the molecule is COCCNC(=O)C1CC2CCC1N2C(=O)C1CCC(F)(F)CC1. The topological polar surface area (TPSA) is 58.6 Å². The molecule has 3 atom stereocenters. The van der Waals surface area contributed by atoms with E-state index < -0.39 is 5.92 Å². The predicted octanol–water partition coefficient (Wildman–Crippen LogP) is 1.95. The lowest BCUT2D eigenvalue weighted by Crippen LogP contribution is -2.44. The molecule has 2 heterocycles. The fraction of sp³-hybridized carbons (Fsp3) is 0.882. The average Bonchev–Trinajstić information content (AvgIpc) is 3.12. The molecule has 2 saturated heterocycles. The van der Waals surface area contributed by atoms with Crippen molar-refractivity contribution in [3.05, 3.63) is 0 Å². The lowest BCUT2D eigenvalue weighted by atomic mass is 9.85. The summed E-state index contributed by atoms with van der Waals surface area (Å²) in [5.41, 5.74) is 0. The molecule has 2 bridgehead atoms. The number of hydrogen-bond acceptors (Lipinski definition) is 3. The molecule has 0 aromatic carbocycles. The molecule has 3 fully saturated rings. The Morgan fingerprint density at radius 3 is 2.58 bits per heavy atom. The molecular weight excluding hydrogens is 318 g/mol. The van der Waals surface area contributed by atoms with E-state index in [2.05, 4.69) is 5.32 Å². The number of ether oxygens (including phenoxy) is 1. The highest BCUT2D eigenvalue weighted by Crippen LogP contribution is 2.45. The number of carbonyl (C=O) groups excluding carboxylic acids is 2. The summed E-state index contributed by atoms with van der Waals surface area (Å²) in [5.74, 6) is -3.13. The van der Waals surface area contributed by atoms with E-state index in [1.165, 1.54) is 0 Å². The fourth-order valence-corrected chi connectivity index (χ4v) is 4.52. The standard InChI is InChI=1S/C17H26F2N2O3/c1-24-9-8-20-15(22)13-10-12-2-3-14(13)21(12)16(23)11-4-6-17(18,19)7-5-11/h11-14H,2-10H2,1H3,(H,20,22). The smallest absolute Gasteiger partial charge is 0.248 e. The summed E-state index contributed by atoms with van der Waals surface area (Å²) < 4.78 is 31.6. The Labute approximate surface area is 141 Å². The van der Waals surface area contributed by atoms with E-state index in [-0.39, 0.29) is 61.4 Å². The highest BCUT2D eigenvalue weighted by atomic mass is 19.3. The molecule has 1 N–H and O–H groups in total. The number of carbonyl (C=O) groups is 2. The molecule has 7 heteroatoms. The van der Waals surface area contributed by atoms with Gasteiger partial charge in [-0.2, -0.15) is 0 Å². The number of rotatable bonds is 5. The second-order valence-corrected chi connectivity index (χ2v) is 7.30. The van der Waals surface area contributed by atoms with Crippen molar-refractivity contribution in [2.24, 2.45) is 11.8 Å². The molecule has 0 aromatic rings. The molecule has 5 nitrogen and oxygen atoms in total. The van der Waals surface area contributed by atoms with Crippen LogP contribution in [0.4, 0.5) is 8.78 Å². The van der Waals surface area contributed by atoms with Gasteiger partial charge in [0.25, 0.3) is 0 Å². The molecular formula is C17H26F2N2O3. The molecule has 0 spiro atoms. The van der Waals surface area contributed by atoms with Gasteiger partial charge in [-0.05, 0) is 32.1 Å². The van der Waals surface area contributed by atoms with Gasteiger partial charge < -0.3 is 15.0 Å². The fourth-order valence-electron chi connectivity index (χ4n) is 4.52. The number of halogens is 2. The molecule has 0 radical (unpaired) electrons. The maximum atomic E-state index is 13.3. The van der Waals surface area contributed by atoms with Crippen LogP contribution in [0.1, 0.15) is 44.9 Å². The molecule has 3 rings (SSSR count). The first-order chi connectivity index (χ1) is 11.4. The minimum absolute atomic E-state index is 0.00908. The number of nitrogens with one attached hydrogen (secondary N) is 1. The third kappa shape index (κ3) is 3.41. The Morgan fingerprint density at radius 1 is 1.21 bits per heavy atom. The van der Waals surface area contributed by atoms with Gasteiger partial charge >= 0.3 is 0 Å². The van der Waals surface area contributed by atoms with Gasteiger partial charge in [-0.25, -0.2) is 8.78 Å². The van der Waals surface area contributed by atoms with E-state index in [9.17, 15) is 18.4 Å². The first-order valence-electron chi connectivity index (χ1n) is 8.89. The van der Waals surface area contributed by atoms with Crippen LogP contribution in [0, 0.1) is 11.8 Å². The van der Waals surface area contributed by atoms with E-state index in [0.29, 0.717) is 19.6 Å². The largest absolute Gasteiger partial charge is 0.383 e. The van der Waals surface area contributed by atoms with Gasteiger partial charge in [-0.1, -0.05) is 0 Å². The van der Waals surface area contributed by atoms with Crippen molar-refractivity contribution in [1.29, 1.82) is 0 Å². The van der Waals surface area contributed by atoms with Crippen molar-refractivity contribution in [2.75, 3.05) is 20.3 Å². The van der Waals surface area contributed by atoms with Crippen LogP contribution in [0.25, 0.3) is 0 Å². The van der Waals surface area contributed by atoms with Crippen molar-refractivity contribution in [3.8, 4) is 0 Å². The first-order valence-corrected chi connectivity index (χ1v) is 8.89. The summed E-state index contributed by atoms with van der Waals surface area (Å²) in [5, 5.41) is 2.86. The zero-order valence-corrected chi connectivity index (χ0v) is 14.1. The van der Waals surface area contributed by atoms with Crippen LogP contribution in [0.2, 0.25) is 0 Å². The van der Waals surface area contributed by atoms with E-state index in [1.54, 1.807) is 7.11 Å². The molecule has 1 saturated carbocycles. The van der Waals surface area contributed by atoms with Gasteiger partial charge in [-0.3, -0.25) is 9.59 Å². The highest BCUT2D eigenvalue weighted by molar-refractivity contribution is 5.85. The third-order valence-corrected chi connectivity index (χ3v) is 5.80.